The van der Waals surface area contributed by atoms with Crippen LogP contribution < -0.4 is 0 Å². The number of hydrogen-bond acceptors (Lipinski definition) is 5. The number of fused-ring (bicyclic) bond motifs is 2. The summed E-state index contributed by atoms with van der Waals surface area (Å²) in [5.74, 6) is 0.699. The number of carbonyl (C=O) groups excluding carboxylic acids is 1. The van der Waals surface area contributed by atoms with E-state index in [9.17, 15) is 4.79 Å². The topological polar surface area (TPSA) is 75.0 Å². The largest absolute Gasteiger partial charge is 0.458 e. The van der Waals surface area contributed by atoms with Gasteiger partial charge in [-0.2, -0.15) is 0 Å². The third-order valence-electron chi connectivity index (χ3n) is 5.26. The molecule has 6 nitrogen and oxygen atoms in total. The van der Waals surface area contributed by atoms with Crippen LogP contribution in [0.25, 0.3) is 11.0 Å². The maximum absolute atomic E-state index is 13.5. The Bertz CT molecular complexity index is 1160. The maximum Gasteiger partial charge on any atom is 0.266 e. The summed E-state index contributed by atoms with van der Waals surface area (Å²) < 4.78 is 6.15. The highest BCUT2D eigenvalue weighted by Gasteiger charge is 2.37. The van der Waals surface area contributed by atoms with Gasteiger partial charge in [-0.15, -0.1) is 11.3 Å². The van der Waals surface area contributed by atoms with Gasteiger partial charge < -0.3 is 14.3 Å². The molecule has 0 spiro atoms. The van der Waals surface area contributed by atoms with E-state index in [1.165, 1.54) is 11.3 Å². The molecular weight excluding hydrogens is 384 g/mol. The molecule has 1 aromatic carbocycles. The van der Waals surface area contributed by atoms with Gasteiger partial charge in [-0.3, -0.25) is 4.79 Å². The average Bonchev–Trinajstić information content (AvgIpc) is 3.44. The van der Waals surface area contributed by atoms with Crippen molar-refractivity contribution < 1.29 is 9.21 Å². The number of para-hydroxylation sites is 1. The standard InChI is InChI=1S/C22H22N4O2S/c1-22(2,3)21-23-11-17(29-21)20(27)26-9-8-14-18(25-12-24-14)19(26)16-10-13-6-4-5-7-15(13)28-16/h4-7,10-12,19H,8-9H2,1-3H3,(H,24,25)/t19-/m1/s1. The molecule has 1 aliphatic heterocycles. The van der Waals surface area contributed by atoms with Gasteiger partial charge in [0.1, 0.15) is 22.3 Å². The zero-order chi connectivity index (χ0) is 20.2. The second-order valence-electron chi connectivity index (χ2n) is 8.38. The molecular formula is C22H22N4O2S. The molecule has 1 atom stereocenters. The van der Waals surface area contributed by atoms with E-state index < -0.39 is 0 Å². The number of nitrogens with one attached hydrogen (secondary N) is 1. The van der Waals surface area contributed by atoms with Crippen LogP contribution >= 0.6 is 11.3 Å². The van der Waals surface area contributed by atoms with Gasteiger partial charge in [-0.05, 0) is 12.1 Å². The predicted octanol–water partition coefficient (Wildman–Crippen LogP) is 4.70. The Labute approximate surface area is 172 Å². The van der Waals surface area contributed by atoms with Gasteiger partial charge in [0.15, 0.2) is 0 Å². The highest BCUT2D eigenvalue weighted by atomic mass is 32.1. The molecule has 5 rings (SSSR count). The van der Waals surface area contributed by atoms with Crippen LogP contribution in [0, 0.1) is 0 Å². The second kappa shape index (κ2) is 6.56. The van der Waals surface area contributed by atoms with Gasteiger partial charge in [0.05, 0.1) is 23.2 Å². The second-order valence-corrected chi connectivity index (χ2v) is 9.41. The summed E-state index contributed by atoms with van der Waals surface area (Å²) in [6.07, 6.45) is 4.13. The number of benzene rings is 1. The van der Waals surface area contributed by atoms with E-state index in [4.69, 9.17) is 4.42 Å². The lowest BCUT2D eigenvalue weighted by Crippen LogP contribution is -2.40. The molecule has 0 aliphatic carbocycles. The fourth-order valence-corrected chi connectivity index (χ4v) is 4.71. The van der Waals surface area contributed by atoms with Crippen molar-refractivity contribution >= 4 is 28.2 Å². The Kier molecular flexibility index (Phi) is 4.10. The van der Waals surface area contributed by atoms with E-state index in [0.29, 0.717) is 11.4 Å². The Morgan fingerprint density at radius 1 is 1.28 bits per heavy atom. The Morgan fingerprint density at radius 3 is 2.86 bits per heavy atom. The van der Waals surface area contributed by atoms with E-state index in [1.807, 2.05) is 35.2 Å². The number of amides is 1. The Balaban J connectivity index is 1.57. The molecule has 0 bridgehead atoms. The van der Waals surface area contributed by atoms with Crippen molar-refractivity contribution in [2.24, 2.45) is 0 Å². The first-order valence-corrected chi connectivity index (χ1v) is 10.5. The fourth-order valence-electron chi connectivity index (χ4n) is 3.78. The number of aromatic amines is 1. The molecule has 148 valence electrons. The van der Waals surface area contributed by atoms with Crippen molar-refractivity contribution in [1.82, 2.24) is 19.9 Å². The van der Waals surface area contributed by atoms with Crippen molar-refractivity contribution in [2.45, 2.75) is 38.6 Å². The molecule has 1 N–H and O–H groups in total. The fraction of sp³-hybridized carbons (Fsp3) is 0.318. The lowest BCUT2D eigenvalue weighted by Gasteiger charge is -2.33. The van der Waals surface area contributed by atoms with Gasteiger partial charge in [-0.1, -0.05) is 39.0 Å². The predicted molar refractivity (Wildman–Crippen MR) is 112 cm³/mol. The van der Waals surface area contributed by atoms with Gasteiger partial charge in [0, 0.05) is 29.5 Å². The van der Waals surface area contributed by atoms with Crippen LogP contribution in [0.2, 0.25) is 0 Å². The van der Waals surface area contributed by atoms with Crippen molar-refractivity contribution in [1.29, 1.82) is 0 Å². The summed E-state index contributed by atoms with van der Waals surface area (Å²) in [4.78, 5) is 28.2. The van der Waals surface area contributed by atoms with E-state index in [-0.39, 0.29) is 17.4 Å². The zero-order valence-corrected chi connectivity index (χ0v) is 17.4. The van der Waals surface area contributed by atoms with Crippen LogP contribution in [0.3, 0.4) is 0 Å². The molecule has 3 aromatic heterocycles. The van der Waals surface area contributed by atoms with Gasteiger partial charge in [0.2, 0.25) is 0 Å². The number of imidazole rings is 1. The monoisotopic (exact) mass is 406 g/mol. The van der Waals surface area contributed by atoms with Gasteiger partial charge in [0.25, 0.3) is 5.91 Å². The minimum absolute atomic E-state index is 0.0305. The normalized spacial score (nSPS) is 16.9. The van der Waals surface area contributed by atoms with E-state index >= 15 is 0 Å². The molecule has 1 aliphatic rings. The number of furan rings is 1. The van der Waals surface area contributed by atoms with E-state index in [2.05, 4.69) is 35.7 Å². The van der Waals surface area contributed by atoms with Crippen molar-refractivity contribution in [2.75, 3.05) is 6.54 Å². The molecule has 4 aromatic rings. The van der Waals surface area contributed by atoms with Crippen LogP contribution in [-0.2, 0) is 11.8 Å². The molecule has 0 saturated heterocycles. The SMILES string of the molecule is CC(C)(C)c1ncc(C(=O)N2CCc3[nH]cnc3[C@H]2c2cc3ccccc3o2)s1. The van der Waals surface area contributed by atoms with Crippen LogP contribution in [0.4, 0.5) is 0 Å². The zero-order valence-electron chi connectivity index (χ0n) is 16.6. The summed E-state index contributed by atoms with van der Waals surface area (Å²) in [6, 6.07) is 9.54. The molecule has 0 fully saturated rings. The lowest BCUT2D eigenvalue weighted by molar-refractivity contribution is 0.0677. The number of H-pyrrole nitrogens is 1. The Morgan fingerprint density at radius 2 is 2.10 bits per heavy atom. The molecule has 0 unspecified atom stereocenters. The molecule has 7 heteroatoms. The first kappa shape index (κ1) is 18.1. The summed E-state index contributed by atoms with van der Waals surface area (Å²) in [7, 11) is 0. The summed E-state index contributed by atoms with van der Waals surface area (Å²) in [5, 5.41) is 1.98. The van der Waals surface area contributed by atoms with Crippen LogP contribution in [-0.4, -0.2) is 32.3 Å². The quantitative estimate of drug-likeness (QED) is 0.524. The minimum Gasteiger partial charge on any atom is -0.458 e. The third-order valence-corrected chi connectivity index (χ3v) is 6.67. The number of rotatable bonds is 2. The average molecular weight is 407 g/mol. The number of hydrogen-bond donors (Lipinski definition) is 1. The molecule has 0 saturated carbocycles. The molecule has 1 amide bonds. The number of carbonyl (C=O) groups is 1. The van der Waals surface area contributed by atoms with E-state index in [0.717, 1.165) is 39.5 Å². The molecule has 0 radical (unpaired) electrons. The number of thiazole rings is 1. The first-order valence-electron chi connectivity index (χ1n) is 9.70. The maximum atomic E-state index is 13.5. The van der Waals surface area contributed by atoms with Gasteiger partial charge in [-0.25, -0.2) is 9.97 Å². The minimum atomic E-state index is -0.356. The van der Waals surface area contributed by atoms with Crippen molar-refractivity contribution in [3.8, 4) is 0 Å². The first-order chi connectivity index (χ1) is 13.9. The number of aromatic nitrogens is 3. The van der Waals surface area contributed by atoms with Crippen LogP contribution in [0.1, 0.15) is 58.6 Å². The highest BCUT2D eigenvalue weighted by molar-refractivity contribution is 7.13. The number of nitrogens with zero attached hydrogens (tertiary/aromatic N) is 3. The van der Waals surface area contributed by atoms with Gasteiger partial charge >= 0.3 is 0 Å². The van der Waals surface area contributed by atoms with Crippen LogP contribution in [0.5, 0.6) is 0 Å². The summed E-state index contributed by atoms with van der Waals surface area (Å²) >= 11 is 1.47. The van der Waals surface area contributed by atoms with Crippen LogP contribution in [0.15, 0.2) is 47.3 Å². The van der Waals surface area contributed by atoms with Crippen molar-refractivity contribution in [3.63, 3.8) is 0 Å². The Hall–Kier alpha value is -2.93. The third kappa shape index (κ3) is 3.06. The summed E-state index contributed by atoms with van der Waals surface area (Å²) in [5.41, 5.74) is 2.63. The summed E-state index contributed by atoms with van der Waals surface area (Å²) in [6.45, 7) is 6.91. The van der Waals surface area contributed by atoms with E-state index in [1.54, 1.807) is 12.5 Å². The molecule has 4 heterocycles. The molecule has 29 heavy (non-hydrogen) atoms. The lowest BCUT2D eigenvalue weighted by atomic mass is 9.98. The smallest absolute Gasteiger partial charge is 0.266 e. The highest BCUT2D eigenvalue weighted by Crippen LogP contribution is 2.38. The van der Waals surface area contributed by atoms with Crippen molar-refractivity contribution in [3.05, 3.63) is 69.9 Å².